The average molecular weight is 484 g/mol. The van der Waals surface area contributed by atoms with Crippen LogP contribution in [0.3, 0.4) is 0 Å². The van der Waals surface area contributed by atoms with E-state index in [1.807, 2.05) is 47.1 Å². The molecule has 1 atom stereocenters. The number of halogens is 2. The Morgan fingerprint density at radius 3 is 2.33 bits per heavy atom. The Hall–Kier alpha value is -2.62. The van der Waals surface area contributed by atoms with E-state index in [-0.39, 0.29) is 5.82 Å². The average Bonchev–Trinajstić information content (AvgIpc) is 3.14. The molecule has 4 aromatic rings. The van der Waals surface area contributed by atoms with Crippen LogP contribution in [-0.2, 0) is 6.54 Å². The van der Waals surface area contributed by atoms with Crippen LogP contribution in [0.1, 0.15) is 34.1 Å². The molecule has 0 aliphatic carbocycles. The van der Waals surface area contributed by atoms with Crippen LogP contribution in [0.4, 0.5) is 10.1 Å². The molecule has 33 heavy (non-hydrogen) atoms. The standard InChI is InChI=1S/C26H28ClFN3OP/c1-5-18-31-25(21-10-6-8-12-23(21)29-31)33(26(2,3)4,30-24-13-9-7-11-22(24)27)32-20-16-14-19(28)15-17-20/h6-17H,5,18H2,1-4H3/t33-/m1/s1. The van der Waals surface area contributed by atoms with Gasteiger partial charge in [-0.25, -0.2) is 9.14 Å². The summed E-state index contributed by atoms with van der Waals surface area (Å²) in [6.07, 6.45) is 0.910. The number of benzene rings is 3. The summed E-state index contributed by atoms with van der Waals surface area (Å²) >= 11 is 6.58. The number of rotatable bonds is 6. The van der Waals surface area contributed by atoms with Crippen molar-refractivity contribution in [3.05, 3.63) is 83.6 Å². The smallest absolute Gasteiger partial charge is 0.191 e. The molecule has 7 heteroatoms. The maximum absolute atomic E-state index is 13.7. The zero-order valence-corrected chi connectivity index (χ0v) is 20.9. The maximum Gasteiger partial charge on any atom is 0.191 e. The van der Waals surface area contributed by atoms with Crippen LogP contribution in [0.25, 0.3) is 10.9 Å². The Morgan fingerprint density at radius 2 is 1.67 bits per heavy atom. The fourth-order valence-electron chi connectivity index (χ4n) is 3.80. The first-order valence-electron chi connectivity index (χ1n) is 11.0. The van der Waals surface area contributed by atoms with Gasteiger partial charge >= 0.3 is 0 Å². The second-order valence-electron chi connectivity index (χ2n) is 8.91. The van der Waals surface area contributed by atoms with Gasteiger partial charge in [0, 0.05) is 17.1 Å². The van der Waals surface area contributed by atoms with E-state index in [4.69, 9.17) is 26.0 Å². The highest BCUT2D eigenvalue weighted by Gasteiger charge is 2.43. The van der Waals surface area contributed by atoms with Gasteiger partial charge in [0.15, 0.2) is 7.28 Å². The van der Waals surface area contributed by atoms with Crippen LogP contribution in [0.2, 0.25) is 5.02 Å². The largest absolute Gasteiger partial charge is 0.454 e. The van der Waals surface area contributed by atoms with Crippen molar-refractivity contribution in [2.75, 3.05) is 0 Å². The second kappa shape index (κ2) is 9.32. The van der Waals surface area contributed by atoms with Crippen molar-refractivity contribution in [2.45, 2.75) is 45.8 Å². The summed E-state index contributed by atoms with van der Waals surface area (Å²) in [6.45, 7) is 9.24. The molecule has 0 bridgehead atoms. The van der Waals surface area contributed by atoms with Crippen molar-refractivity contribution in [1.29, 1.82) is 0 Å². The molecule has 0 N–H and O–H groups in total. The van der Waals surface area contributed by atoms with Crippen LogP contribution in [0, 0.1) is 5.82 Å². The fraction of sp³-hybridized carbons (Fsp3) is 0.269. The van der Waals surface area contributed by atoms with E-state index in [0.29, 0.717) is 16.5 Å². The lowest BCUT2D eigenvalue weighted by Crippen LogP contribution is -2.32. The first kappa shape index (κ1) is 23.5. The van der Waals surface area contributed by atoms with Gasteiger partial charge in [0.25, 0.3) is 0 Å². The summed E-state index contributed by atoms with van der Waals surface area (Å²) in [5, 5.41) is 6.05. The number of aromatic nitrogens is 2. The molecule has 0 saturated heterocycles. The number of hydrogen-bond donors (Lipinski definition) is 0. The Labute approximate surface area is 199 Å². The van der Waals surface area contributed by atoms with Crippen molar-refractivity contribution in [3.63, 3.8) is 0 Å². The number of nitrogens with zero attached hydrogens (tertiary/aromatic N) is 3. The van der Waals surface area contributed by atoms with Crippen LogP contribution in [-0.4, -0.2) is 14.9 Å². The Balaban J connectivity index is 2.13. The lowest BCUT2D eigenvalue weighted by atomic mass is 10.2. The summed E-state index contributed by atoms with van der Waals surface area (Å²) in [4.78, 5) is 0. The summed E-state index contributed by atoms with van der Waals surface area (Å²) in [7, 11) is -2.86. The van der Waals surface area contributed by atoms with Gasteiger partial charge in [-0.1, -0.05) is 69.6 Å². The molecule has 3 aromatic carbocycles. The molecule has 0 aliphatic heterocycles. The first-order chi connectivity index (χ1) is 15.7. The molecular formula is C26H28ClFN3OP. The summed E-state index contributed by atoms with van der Waals surface area (Å²) in [6, 6.07) is 21.7. The number of aryl methyl sites for hydroxylation is 1. The molecule has 0 aliphatic rings. The normalized spacial score (nSPS) is 13.6. The zero-order valence-electron chi connectivity index (χ0n) is 19.3. The van der Waals surface area contributed by atoms with Gasteiger partial charge in [-0.05, 0) is 48.9 Å². The monoisotopic (exact) mass is 483 g/mol. The predicted octanol–water partition coefficient (Wildman–Crippen LogP) is 8.19. The molecule has 0 radical (unpaired) electrons. The minimum Gasteiger partial charge on any atom is -0.454 e. The lowest BCUT2D eigenvalue weighted by Gasteiger charge is -2.37. The van der Waals surface area contributed by atoms with Gasteiger partial charge < -0.3 is 4.52 Å². The third-order valence-electron chi connectivity index (χ3n) is 5.40. The number of fused-ring (bicyclic) bond motifs is 1. The van der Waals surface area contributed by atoms with Crippen molar-refractivity contribution in [2.24, 2.45) is 4.74 Å². The third-order valence-corrected chi connectivity index (χ3v) is 9.56. The van der Waals surface area contributed by atoms with Crippen molar-refractivity contribution in [3.8, 4) is 5.75 Å². The van der Waals surface area contributed by atoms with Crippen molar-refractivity contribution >= 4 is 40.9 Å². The SMILES string of the molecule is CCCn1nc2ccccc2c1[P@@](=Nc1ccccc1Cl)(Oc1ccc(F)cc1)C(C)(C)C. The van der Waals surface area contributed by atoms with Gasteiger partial charge in [-0.15, -0.1) is 0 Å². The minimum atomic E-state index is -2.86. The van der Waals surface area contributed by atoms with E-state index in [1.165, 1.54) is 12.1 Å². The van der Waals surface area contributed by atoms with Gasteiger partial charge in [-0.3, -0.25) is 4.68 Å². The van der Waals surface area contributed by atoms with E-state index >= 15 is 0 Å². The molecule has 0 spiro atoms. The van der Waals surface area contributed by atoms with Crippen molar-refractivity contribution < 1.29 is 8.91 Å². The lowest BCUT2D eigenvalue weighted by molar-refractivity contribution is 0.555. The van der Waals surface area contributed by atoms with Gasteiger partial charge in [0.1, 0.15) is 17.0 Å². The molecule has 4 nitrogen and oxygen atoms in total. The maximum atomic E-state index is 13.7. The Bertz CT molecular complexity index is 1330. The summed E-state index contributed by atoms with van der Waals surface area (Å²) < 4.78 is 27.9. The third kappa shape index (κ3) is 4.58. The van der Waals surface area contributed by atoms with E-state index in [1.54, 1.807) is 12.1 Å². The van der Waals surface area contributed by atoms with Crippen LogP contribution >= 0.6 is 18.9 Å². The fourth-order valence-corrected chi connectivity index (χ4v) is 7.35. The molecule has 172 valence electrons. The quantitative estimate of drug-likeness (QED) is 0.259. The van der Waals surface area contributed by atoms with E-state index in [9.17, 15) is 4.39 Å². The topological polar surface area (TPSA) is 39.4 Å². The van der Waals surface area contributed by atoms with Gasteiger partial charge in [-0.2, -0.15) is 5.10 Å². The zero-order chi connectivity index (χ0) is 23.6. The highest BCUT2D eigenvalue weighted by molar-refractivity contribution is 7.71. The highest BCUT2D eigenvalue weighted by Crippen LogP contribution is 2.63. The van der Waals surface area contributed by atoms with Gasteiger partial charge in [0.2, 0.25) is 0 Å². The van der Waals surface area contributed by atoms with E-state index in [2.05, 4.69) is 33.8 Å². The Kier molecular flexibility index (Phi) is 6.65. The first-order valence-corrected chi connectivity index (χ1v) is 13.1. The van der Waals surface area contributed by atoms with E-state index in [0.717, 1.165) is 29.3 Å². The minimum absolute atomic E-state index is 0.313. The van der Waals surface area contributed by atoms with Crippen molar-refractivity contribution in [1.82, 2.24) is 9.78 Å². The summed E-state index contributed by atoms with van der Waals surface area (Å²) in [5.74, 6) is 0.246. The van der Waals surface area contributed by atoms with Gasteiger partial charge in [0.05, 0.1) is 16.2 Å². The van der Waals surface area contributed by atoms with Crippen LogP contribution in [0.5, 0.6) is 5.75 Å². The second-order valence-corrected chi connectivity index (χ2v) is 12.6. The molecule has 1 heterocycles. The molecule has 1 aromatic heterocycles. The predicted molar refractivity (Wildman–Crippen MR) is 137 cm³/mol. The Morgan fingerprint density at radius 1 is 1.00 bits per heavy atom. The van der Waals surface area contributed by atoms with Crippen LogP contribution in [0.15, 0.2) is 77.5 Å². The molecular weight excluding hydrogens is 456 g/mol. The molecule has 0 saturated carbocycles. The van der Waals surface area contributed by atoms with Crippen LogP contribution < -0.4 is 9.96 Å². The molecule has 0 fully saturated rings. The molecule has 4 rings (SSSR count). The number of hydrogen-bond acceptors (Lipinski definition) is 3. The van der Waals surface area contributed by atoms with E-state index < -0.39 is 12.4 Å². The molecule has 0 unspecified atom stereocenters. The summed E-state index contributed by atoms with van der Waals surface area (Å²) in [5.41, 5.74) is 2.52. The molecule has 0 amide bonds. The highest BCUT2D eigenvalue weighted by atomic mass is 35.5.